The maximum atomic E-state index is 11.7. The number of ether oxygens (including phenoxy) is 1. The van der Waals surface area contributed by atoms with Crippen LogP contribution < -0.4 is 11.1 Å². The van der Waals surface area contributed by atoms with Crippen molar-refractivity contribution in [2.75, 3.05) is 26.2 Å². The summed E-state index contributed by atoms with van der Waals surface area (Å²) in [6.07, 6.45) is 2.99. The molecule has 21 heavy (non-hydrogen) atoms. The molecule has 3 N–H and O–H groups in total. The van der Waals surface area contributed by atoms with Crippen LogP contribution in [0.15, 0.2) is 0 Å². The Balaban J connectivity index is 2.45. The predicted molar refractivity (Wildman–Crippen MR) is 86.2 cm³/mol. The second-order valence-corrected chi connectivity index (χ2v) is 7.15. The van der Waals surface area contributed by atoms with Crippen molar-refractivity contribution < 1.29 is 9.53 Å². The highest BCUT2D eigenvalue weighted by molar-refractivity contribution is 5.84. The van der Waals surface area contributed by atoms with Crippen LogP contribution >= 0.6 is 0 Å². The van der Waals surface area contributed by atoms with E-state index in [-0.39, 0.29) is 17.6 Å². The van der Waals surface area contributed by atoms with E-state index in [9.17, 15) is 4.79 Å². The van der Waals surface area contributed by atoms with Gasteiger partial charge in [-0.1, -0.05) is 6.92 Å². The molecule has 0 bridgehead atoms. The minimum Gasteiger partial charge on any atom is -0.370 e. The maximum absolute atomic E-state index is 11.7. The van der Waals surface area contributed by atoms with Crippen LogP contribution in [0.1, 0.15) is 53.9 Å². The van der Waals surface area contributed by atoms with Crippen LogP contribution in [0.5, 0.6) is 0 Å². The lowest BCUT2D eigenvalue weighted by atomic mass is 9.94. The van der Waals surface area contributed by atoms with Gasteiger partial charge in [0.05, 0.1) is 17.2 Å². The van der Waals surface area contributed by atoms with Crippen molar-refractivity contribution in [1.29, 1.82) is 0 Å². The van der Waals surface area contributed by atoms with E-state index in [1.165, 1.54) is 0 Å². The monoisotopic (exact) mass is 299 g/mol. The van der Waals surface area contributed by atoms with Gasteiger partial charge in [0.1, 0.15) is 0 Å². The topological polar surface area (TPSA) is 67.6 Å². The first-order chi connectivity index (χ1) is 9.68. The molecule has 5 heteroatoms. The first-order valence-corrected chi connectivity index (χ1v) is 8.13. The zero-order valence-electron chi connectivity index (χ0n) is 14.4. The first kappa shape index (κ1) is 18.4. The molecule has 124 valence electrons. The summed E-state index contributed by atoms with van der Waals surface area (Å²) in [4.78, 5) is 14.1. The van der Waals surface area contributed by atoms with E-state index in [4.69, 9.17) is 10.5 Å². The lowest BCUT2D eigenvalue weighted by Gasteiger charge is -2.42. The molecule has 1 rings (SSSR count). The van der Waals surface area contributed by atoms with E-state index in [1.807, 2.05) is 6.92 Å². The second kappa shape index (κ2) is 7.56. The Morgan fingerprint density at radius 1 is 1.52 bits per heavy atom. The van der Waals surface area contributed by atoms with Gasteiger partial charge in [-0.15, -0.1) is 0 Å². The molecule has 5 nitrogen and oxygen atoms in total. The van der Waals surface area contributed by atoms with Crippen molar-refractivity contribution in [3.8, 4) is 0 Å². The molecule has 1 aliphatic rings. The van der Waals surface area contributed by atoms with Gasteiger partial charge < -0.3 is 15.8 Å². The number of nitrogens with one attached hydrogen (secondary N) is 1. The van der Waals surface area contributed by atoms with Crippen LogP contribution in [0.3, 0.4) is 0 Å². The lowest BCUT2D eigenvalue weighted by molar-refractivity contribution is -0.130. The molecule has 1 saturated heterocycles. The Morgan fingerprint density at radius 2 is 2.19 bits per heavy atom. The summed E-state index contributed by atoms with van der Waals surface area (Å²) in [6.45, 7) is 14.1. The number of nitrogens with two attached hydrogens (primary N) is 1. The third-order valence-corrected chi connectivity index (χ3v) is 4.10. The Morgan fingerprint density at radius 3 is 2.71 bits per heavy atom. The highest BCUT2D eigenvalue weighted by Gasteiger charge is 2.33. The van der Waals surface area contributed by atoms with Crippen molar-refractivity contribution in [2.24, 2.45) is 5.73 Å². The summed E-state index contributed by atoms with van der Waals surface area (Å²) >= 11 is 0. The Hall–Kier alpha value is -0.650. The summed E-state index contributed by atoms with van der Waals surface area (Å²) < 4.78 is 5.91. The number of hydrogen-bond donors (Lipinski definition) is 2. The van der Waals surface area contributed by atoms with E-state index in [1.54, 1.807) is 0 Å². The molecular formula is C16H33N3O2. The number of nitrogens with zero attached hydrogens (tertiary/aromatic N) is 1. The molecule has 2 atom stereocenters. The minimum absolute atomic E-state index is 0.0921. The third kappa shape index (κ3) is 5.93. The highest BCUT2D eigenvalue weighted by Crippen LogP contribution is 2.21. The van der Waals surface area contributed by atoms with Gasteiger partial charge in [-0.2, -0.15) is 0 Å². The number of morpholine rings is 1. The number of carbonyl (C=O) groups is 1. The van der Waals surface area contributed by atoms with E-state index < -0.39 is 5.54 Å². The zero-order valence-corrected chi connectivity index (χ0v) is 14.4. The smallest absolute Gasteiger partial charge is 0.237 e. The number of rotatable bonds is 8. The van der Waals surface area contributed by atoms with Crippen molar-refractivity contribution in [3.63, 3.8) is 0 Å². The fourth-order valence-corrected chi connectivity index (χ4v) is 3.11. The van der Waals surface area contributed by atoms with Gasteiger partial charge in [0.25, 0.3) is 0 Å². The molecule has 0 aromatic heterocycles. The molecule has 0 radical (unpaired) electrons. The average molecular weight is 299 g/mol. The standard InChI is InChI=1S/C16H33N3O2/c1-6-9-18-16(5,14(17)20)8-7-10-19-11-13(2)21-15(3,4)12-19/h13,18H,6-12H2,1-5H3,(H2,17,20). The molecule has 1 heterocycles. The molecule has 0 spiro atoms. The normalized spacial score (nSPS) is 25.5. The Kier molecular flexibility index (Phi) is 6.63. The Bertz CT molecular complexity index is 346. The van der Waals surface area contributed by atoms with E-state index in [2.05, 4.69) is 37.9 Å². The fraction of sp³-hybridized carbons (Fsp3) is 0.938. The maximum Gasteiger partial charge on any atom is 0.237 e. The number of primary amides is 1. The molecule has 2 unspecified atom stereocenters. The van der Waals surface area contributed by atoms with E-state index in [0.29, 0.717) is 0 Å². The van der Waals surface area contributed by atoms with Crippen molar-refractivity contribution >= 4 is 5.91 Å². The molecule has 0 aliphatic carbocycles. The first-order valence-electron chi connectivity index (χ1n) is 8.13. The van der Waals surface area contributed by atoms with Gasteiger partial charge in [0.15, 0.2) is 0 Å². The number of amides is 1. The largest absolute Gasteiger partial charge is 0.370 e. The summed E-state index contributed by atoms with van der Waals surface area (Å²) in [6, 6.07) is 0. The van der Waals surface area contributed by atoms with Gasteiger partial charge in [0.2, 0.25) is 5.91 Å². The zero-order chi connectivity index (χ0) is 16.1. The van der Waals surface area contributed by atoms with Crippen molar-refractivity contribution in [3.05, 3.63) is 0 Å². The highest BCUT2D eigenvalue weighted by atomic mass is 16.5. The van der Waals surface area contributed by atoms with Crippen LogP contribution in [0.4, 0.5) is 0 Å². The van der Waals surface area contributed by atoms with Crippen molar-refractivity contribution in [1.82, 2.24) is 10.2 Å². The molecule has 0 aromatic carbocycles. The third-order valence-electron chi connectivity index (χ3n) is 4.10. The SMILES string of the molecule is CCCNC(C)(CCCN1CC(C)OC(C)(C)C1)C(N)=O. The van der Waals surface area contributed by atoms with Crippen molar-refractivity contribution in [2.45, 2.75) is 71.1 Å². The molecule has 1 aliphatic heterocycles. The van der Waals surface area contributed by atoms with Crippen LogP contribution in [0, 0.1) is 0 Å². The van der Waals surface area contributed by atoms with Gasteiger partial charge in [-0.05, 0) is 60.0 Å². The Labute approximate surface area is 129 Å². The summed E-state index contributed by atoms with van der Waals surface area (Å²) in [5.41, 5.74) is 4.88. The molecule has 1 fully saturated rings. The summed E-state index contributed by atoms with van der Waals surface area (Å²) in [7, 11) is 0. The molecular weight excluding hydrogens is 266 g/mol. The van der Waals surface area contributed by atoms with Crippen LogP contribution in [0.25, 0.3) is 0 Å². The average Bonchev–Trinajstić information content (AvgIpc) is 2.33. The predicted octanol–water partition coefficient (Wildman–Crippen LogP) is 1.51. The second-order valence-electron chi connectivity index (χ2n) is 7.15. The van der Waals surface area contributed by atoms with E-state index in [0.717, 1.165) is 45.4 Å². The van der Waals surface area contributed by atoms with Gasteiger partial charge in [-0.3, -0.25) is 9.69 Å². The molecule has 1 amide bonds. The number of carbonyl (C=O) groups excluding carboxylic acids is 1. The quantitative estimate of drug-likeness (QED) is 0.713. The summed E-state index contributed by atoms with van der Waals surface area (Å²) in [5, 5.41) is 3.29. The van der Waals surface area contributed by atoms with Crippen LogP contribution in [0.2, 0.25) is 0 Å². The van der Waals surface area contributed by atoms with Gasteiger partial charge in [-0.25, -0.2) is 0 Å². The number of hydrogen-bond acceptors (Lipinski definition) is 4. The van der Waals surface area contributed by atoms with Crippen LogP contribution in [-0.2, 0) is 9.53 Å². The summed E-state index contributed by atoms with van der Waals surface area (Å²) in [5.74, 6) is -0.258. The molecule has 0 aromatic rings. The molecule has 0 saturated carbocycles. The lowest BCUT2D eigenvalue weighted by Crippen LogP contribution is -2.54. The van der Waals surface area contributed by atoms with Gasteiger partial charge >= 0.3 is 0 Å². The van der Waals surface area contributed by atoms with Crippen LogP contribution in [-0.4, -0.2) is 54.2 Å². The van der Waals surface area contributed by atoms with E-state index >= 15 is 0 Å². The minimum atomic E-state index is -0.594. The fourth-order valence-electron chi connectivity index (χ4n) is 3.11. The van der Waals surface area contributed by atoms with Gasteiger partial charge in [0, 0.05) is 13.1 Å².